The highest BCUT2D eigenvalue weighted by molar-refractivity contribution is 9.10. The van der Waals surface area contributed by atoms with E-state index in [9.17, 15) is 17.2 Å². The Morgan fingerprint density at radius 3 is 2.75 bits per heavy atom. The van der Waals surface area contributed by atoms with E-state index in [0.717, 1.165) is 32.0 Å². The van der Waals surface area contributed by atoms with E-state index in [1.165, 1.54) is 0 Å². The van der Waals surface area contributed by atoms with E-state index < -0.39 is 26.6 Å². The second-order valence-electron chi connectivity index (χ2n) is 4.76. The molecule has 1 heterocycles. The smallest absolute Gasteiger partial charge is 0.243 e. The monoisotopic (exact) mass is 368 g/mol. The lowest BCUT2D eigenvalue weighted by atomic mass is 10.0. The molecule has 1 atom stereocenters. The van der Waals surface area contributed by atoms with E-state index in [0.29, 0.717) is 6.07 Å². The number of nitrogens with one attached hydrogen (secondary N) is 2. The molecule has 0 spiro atoms. The van der Waals surface area contributed by atoms with Crippen molar-refractivity contribution in [2.75, 3.05) is 19.6 Å². The number of hydrogen-bond acceptors (Lipinski definition) is 3. The molecule has 0 aliphatic carbocycles. The lowest BCUT2D eigenvalue weighted by molar-refractivity contribution is 0.375. The molecule has 1 aliphatic heterocycles. The van der Waals surface area contributed by atoms with E-state index in [1.54, 1.807) is 0 Å². The van der Waals surface area contributed by atoms with Gasteiger partial charge in [-0.1, -0.05) is 0 Å². The van der Waals surface area contributed by atoms with Crippen LogP contribution < -0.4 is 10.0 Å². The maximum atomic E-state index is 13.6. The van der Waals surface area contributed by atoms with Gasteiger partial charge in [-0.2, -0.15) is 0 Å². The van der Waals surface area contributed by atoms with Gasteiger partial charge in [-0.25, -0.2) is 21.9 Å². The average Bonchev–Trinajstić information content (AvgIpc) is 2.42. The maximum Gasteiger partial charge on any atom is 0.243 e. The fourth-order valence-electron chi connectivity index (χ4n) is 2.11. The largest absolute Gasteiger partial charge is 0.316 e. The molecule has 8 heteroatoms. The maximum absolute atomic E-state index is 13.6. The second-order valence-corrected chi connectivity index (χ2v) is 7.35. The van der Waals surface area contributed by atoms with Gasteiger partial charge in [0, 0.05) is 12.6 Å². The van der Waals surface area contributed by atoms with Crippen LogP contribution in [0.3, 0.4) is 0 Å². The first-order chi connectivity index (χ1) is 9.40. The number of benzene rings is 1. The summed E-state index contributed by atoms with van der Waals surface area (Å²) in [4.78, 5) is -0.547. The van der Waals surface area contributed by atoms with Crippen LogP contribution in [0.2, 0.25) is 0 Å². The summed E-state index contributed by atoms with van der Waals surface area (Å²) in [5, 5.41) is 3.17. The molecule has 0 amide bonds. The van der Waals surface area contributed by atoms with Crippen molar-refractivity contribution < 1.29 is 17.2 Å². The zero-order chi connectivity index (χ0) is 14.8. The van der Waals surface area contributed by atoms with E-state index in [2.05, 4.69) is 26.0 Å². The van der Waals surface area contributed by atoms with Crippen LogP contribution in [-0.2, 0) is 10.0 Å². The summed E-state index contributed by atoms with van der Waals surface area (Å²) >= 11 is 2.86. The molecule has 0 saturated carbocycles. The quantitative estimate of drug-likeness (QED) is 0.799. The van der Waals surface area contributed by atoms with Crippen LogP contribution in [0.15, 0.2) is 21.5 Å². The van der Waals surface area contributed by atoms with Crippen molar-refractivity contribution in [1.82, 2.24) is 10.0 Å². The van der Waals surface area contributed by atoms with Gasteiger partial charge in [0.2, 0.25) is 10.0 Å². The fraction of sp³-hybridized carbons (Fsp3) is 0.500. The number of piperidine rings is 1. The molecule has 2 rings (SSSR count). The fourth-order valence-corrected chi connectivity index (χ4v) is 3.81. The molecule has 0 aromatic heterocycles. The topological polar surface area (TPSA) is 58.2 Å². The van der Waals surface area contributed by atoms with Gasteiger partial charge in [0.25, 0.3) is 0 Å². The zero-order valence-corrected chi connectivity index (χ0v) is 13.0. The molecule has 1 aromatic rings. The van der Waals surface area contributed by atoms with Crippen LogP contribution in [0.1, 0.15) is 12.8 Å². The summed E-state index contributed by atoms with van der Waals surface area (Å²) in [6, 6.07) is 1.49. The van der Waals surface area contributed by atoms with Gasteiger partial charge in [0.15, 0.2) is 0 Å². The van der Waals surface area contributed by atoms with Crippen LogP contribution in [0.25, 0.3) is 0 Å². The minimum absolute atomic E-state index is 0.0846. The Hall–Kier alpha value is -0.570. The first kappa shape index (κ1) is 15.8. The number of hydrogen-bond donors (Lipinski definition) is 2. The van der Waals surface area contributed by atoms with Gasteiger partial charge >= 0.3 is 0 Å². The van der Waals surface area contributed by atoms with Crippen molar-refractivity contribution in [1.29, 1.82) is 0 Å². The Bertz CT molecular complexity index is 589. The molecule has 1 fully saturated rings. The Morgan fingerprint density at radius 2 is 2.10 bits per heavy atom. The van der Waals surface area contributed by atoms with Crippen molar-refractivity contribution in [2.24, 2.45) is 5.92 Å². The van der Waals surface area contributed by atoms with Gasteiger partial charge in [0.05, 0.1) is 4.47 Å². The summed E-state index contributed by atoms with van der Waals surface area (Å²) in [7, 11) is -3.98. The molecule has 4 nitrogen and oxygen atoms in total. The van der Waals surface area contributed by atoms with Crippen molar-refractivity contribution in [3.8, 4) is 0 Å². The van der Waals surface area contributed by atoms with Crippen molar-refractivity contribution >= 4 is 26.0 Å². The minimum Gasteiger partial charge on any atom is -0.316 e. The highest BCUT2D eigenvalue weighted by Crippen LogP contribution is 2.23. The van der Waals surface area contributed by atoms with Crippen molar-refractivity contribution in [3.05, 3.63) is 28.2 Å². The van der Waals surface area contributed by atoms with Gasteiger partial charge in [-0.05, 0) is 53.8 Å². The number of sulfonamides is 1. The van der Waals surface area contributed by atoms with E-state index >= 15 is 0 Å². The summed E-state index contributed by atoms with van der Waals surface area (Å²) in [5.74, 6) is -1.75. The first-order valence-corrected chi connectivity index (χ1v) is 8.52. The lowest BCUT2D eigenvalue weighted by Crippen LogP contribution is -2.38. The predicted molar refractivity (Wildman–Crippen MR) is 74.8 cm³/mol. The Balaban J connectivity index is 2.11. The SMILES string of the molecule is O=S(=O)(NC[C@H]1CCCNC1)c1cc(Br)c(F)cc1F. The second kappa shape index (κ2) is 6.46. The van der Waals surface area contributed by atoms with Crippen molar-refractivity contribution in [2.45, 2.75) is 17.7 Å². The zero-order valence-electron chi connectivity index (χ0n) is 10.6. The summed E-state index contributed by atoms with van der Waals surface area (Å²) in [6.45, 7) is 1.91. The summed E-state index contributed by atoms with van der Waals surface area (Å²) < 4.78 is 53.1. The Labute approximate surface area is 125 Å². The molecule has 1 aliphatic rings. The molecule has 1 aromatic carbocycles. The van der Waals surface area contributed by atoms with Crippen LogP contribution in [-0.4, -0.2) is 28.1 Å². The highest BCUT2D eigenvalue weighted by atomic mass is 79.9. The molecule has 0 unspecified atom stereocenters. The summed E-state index contributed by atoms with van der Waals surface area (Å²) in [6.07, 6.45) is 1.91. The third kappa shape index (κ3) is 3.75. The summed E-state index contributed by atoms with van der Waals surface area (Å²) in [5.41, 5.74) is 0. The molecular formula is C12H15BrF2N2O2S. The standard InChI is InChI=1S/C12H15BrF2N2O2S/c13-9-4-12(11(15)5-10(9)14)20(18,19)17-7-8-2-1-3-16-6-8/h4-5,8,16-17H,1-3,6-7H2/t8-/m0/s1. The van der Waals surface area contributed by atoms with Crippen molar-refractivity contribution in [3.63, 3.8) is 0 Å². The van der Waals surface area contributed by atoms with E-state index in [1.807, 2.05) is 0 Å². The van der Waals surface area contributed by atoms with Gasteiger partial charge < -0.3 is 5.32 Å². The molecule has 0 bridgehead atoms. The number of rotatable bonds is 4. The Kier molecular flexibility index (Phi) is 5.11. The Morgan fingerprint density at radius 1 is 1.35 bits per heavy atom. The molecule has 2 N–H and O–H groups in total. The van der Waals surface area contributed by atoms with Gasteiger partial charge in [-0.15, -0.1) is 0 Å². The highest BCUT2D eigenvalue weighted by Gasteiger charge is 2.23. The molecule has 0 radical (unpaired) electrons. The van der Waals surface area contributed by atoms with E-state index in [4.69, 9.17) is 0 Å². The predicted octanol–water partition coefficient (Wildman–Crippen LogP) is 2.01. The van der Waals surface area contributed by atoms with Crippen LogP contribution >= 0.6 is 15.9 Å². The average molecular weight is 369 g/mol. The normalized spacial score (nSPS) is 20.1. The molecule has 1 saturated heterocycles. The molecule has 20 heavy (non-hydrogen) atoms. The van der Waals surface area contributed by atoms with Crippen LogP contribution in [0.4, 0.5) is 8.78 Å². The third-order valence-electron chi connectivity index (χ3n) is 3.23. The first-order valence-electron chi connectivity index (χ1n) is 6.25. The third-order valence-corrected chi connectivity index (χ3v) is 5.27. The number of halogens is 3. The minimum atomic E-state index is -3.98. The van der Waals surface area contributed by atoms with Gasteiger partial charge in [-0.3, -0.25) is 0 Å². The van der Waals surface area contributed by atoms with Gasteiger partial charge in [0.1, 0.15) is 16.5 Å². The molecule has 112 valence electrons. The van der Waals surface area contributed by atoms with E-state index in [-0.39, 0.29) is 16.9 Å². The van der Waals surface area contributed by atoms with Crippen LogP contribution in [0.5, 0.6) is 0 Å². The lowest BCUT2D eigenvalue weighted by Gasteiger charge is -2.22. The van der Waals surface area contributed by atoms with Crippen LogP contribution in [0, 0.1) is 17.6 Å². The molecular weight excluding hydrogens is 354 g/mol.